The number of carbonyl (C=O) groups excluding carboxylic acids is 1. The first-order valence-electron chi connectivity index (χ1n) is 8.13. The first-order chi connectivity index (χ1) is 11.2. The van der Waals surface area contributed by atoms with Crippen molar-refractivity contribution in [3.8, 4) is 0 Å². The van der Waals surface area contributed by atoms with Crippen LogP contribution >= 0.6 is 11.3 Å². The summed E-state index contributed by atoms with van der Waals surface area (Å²) in [6.07, 6.45) is 8.53. The van der Waals surface area contributed by atoms with E-state index < -0.39 is 0 Å². The Morgan fingerprint density at radius 2 is 1.96 bits per heavy atom. The highest BCUT2D eigenvalue weighted by atomic mass is 32.1. The molecule has 1 aliphatic rings. The summed E-state index contributed by atoms with van der Waals surface area (Å²) >= 11 is 1.60. The van der Waals surface area contributed by atoms with Crippen LogP contribution in [0.2, 0.25) is 0 Å². The van der Waals surface area contributed by atoms with E-state index in [0.29, 0.717) is 12.1 Å². The summed E-state index contributed by atoms with van der Waals surface area (Å²) in [6.45, 7) is 4.59. The van der Waals surface area contributed by atoms with Crippen molar-refractivity contribution in [2.45, 2.75) is 39.2 Å². The van der Waals surface area contributed by atoms with Gasteiger partial charge in [-0.15, -0.1) is 11.3 Å². The van der Waals surface area contributed by atoms with Gasteiger partial charge in [-0.1, -0.05) is 12.8 Å². The monoisotopic (exact) mass is 330 g/mol. The number of rotatable bonds is 4. The Morgan fingerprint density at radius 3 is 2.57 bits per heavy atom. The molecule has 0 unspecified atom stereocenters. The van der Waals surface area contributed by atoms with Crippen molar-refractivity contribution in [1.29, 1.82) is 0 Å². The molecule has 1 amide bonds. The molecule has 2 aromatic rings. The molecule has 0 bridgehead atoms. The van der Waals surface area contributed by atoms with E-state index in [9.17, 15) is 4.79 Å². The summed E-state index contributed by atoms with van der Waals surface area (Å²) in [5.41, 5.74) is 0.594. The van der Waals surface area contributed by atoms with Gasteiger partial charge in [0.15, 0.2) is 0 Å². The van der Waals surface area contributed by atoms with Gasteiger partial charge in [-0.2, -0.15) is 0 Å². The number of thiazole rings is 1. The molecule has 23 heavy (non-hydrogen) atoms. The van der Waals surface area contributed by atoms with Crippen LogP contribution < -0.4 is 10.2 Å². The molecule has 0 saturated carbocycles. The van der Waals surface area contributed by atoms with E-state index in [0.717, 1.165) is 28.8 Å². The molecule has 0 aliphatic carbocycles. The van der Waals surface area contributed by atoms with Gasteiger partial charge in [0.2, 0.25) is 0 Å². The number of pyridine rings is 1. The molecule has 1 aliphatic heterocycles. The van der Waals surface area contributed by atoms with Gasteiger partial charge in [-0.05, 0) is 31.9 Å². The Kier molecular flexibility index (Phi) is 5.23. The van der Waals surface area contributed by atoms with Crippen LogP contribution in [0.4, 0.5) is 5.82 Å². The third-order valence-corrected chi connectivity index (χ3v) is 4.92. The standard InChI is InChI=1S/C17H22N4OS/c1-13-10-19-16(23-13)12-20-17(22)14-6-7-15(18-11-14)21-8-4-2-3-5-9-21/h6-7,10-11H,2-5,8-9,12H2,1H3,(H,20,22). The SMILES string of the molecule is Cc1cnc(CNC(=O)c2ccc(N3CCCCCC3)nc2)s1. The number of amides is 1. The highest BCUT2D eigenvalue weighted by molar-refractivity contribution is 7.11. The Hall–Kier alpha value is -1.95. The molecule has 3 heterocycles. The highest BCUT2D eigenvalue weighted by Crippen LogP contribution is 2.17. The van der Waals surface area contributed by atoms with Gasteiger partial charge in [0.05, 0.1) is 12.1 Å². The molecule has 6 heteroatoms. The summed E-state index contributed by atoms with van der Waals surface area (Å²) in [5, 5.41) is 3.81. The highest BCUT2D eigenvalue weighted by Gasteiger charge is 2.12. The van der Waals surface area contributed by atoms with Gasteiger partial charge < -0.3 is 10.2 Å². The van der Waals surface area contributed by atoms with Crippen LogP contribution in [0.25, 0.3) is 0 Å². The second-order valence-electron chi connectivity index (χ2n) is 5.85. The van der Waals surface area contributed by atoms with Gasteiger partial charge >= 0.3 is 0 Å². The second kappa shape index (κ2) is 7.55. The average molecular weight is 330 g/mol. The fourth-order valence-corrected chi connectivity index (χ4v) is 3.48. The number of nitrogens with one attached hydrogen (secondary N) is 1. The number of aromatic nitrogens is 2. The number of anilines is 1. The Labute approximate surface area is 140 Å². The predicted octanol–water partition coefficient (Wildman–Crippen LogP) is 3.16. The van der Waals surface area contributed by atoms with Crippen molar-refractivity contribution in [3.05, 3.63) is 40.0 Å². The van der Waals surface area contributed by atoms with Crippen molar-refractivity contribution in [3.63, 3.8) is 0 Å². The summed E-state index contributed by atoms with van der Waals surface area (Å²) < 4.78 is 0. The molecule has 1 N–H and O–H groups in total. The summed E-state index contributed by atoms with van der Waals surface area (Å²) in [7, 11) is 0. The van der Waals surface area contributed by atoms with Crippen molar-refractivity contribution in [2.24, 2.45) is 0 Å². The van der Waals surface area contributed by atoms with Crippen molar-refractivity contribution >= 4 is 23.1 Å². The number of carbonyl (C=O) groups is 1. The number of nitrogens with zero attached hydrogens (tertiary/aromatic N) is 3. The molecule has 1 fully saturated rings. The van der Waals surface area contributed by atoms with Crippen molar-refractivity contribution in [1.82, 2.24) is 15.3 Å². The van der Waals surface area contributed by atoms with E-state index in [2.05, 4.69) is 20.2 Å². The van der Waals surface area contributed by atoms with Crippen LogP contribution in [0.3, 0.4) is 0 Å². The minimum absolute atomic E-state index is 0.104. The third kappa shape index (κ3) is 4.28. The molecule has 0 atom stereocenters. The number of hydrogen-bond donors (Lipinski definition) is 1. The lowest BCUT2D eigenvalue weighted by Gasteiger charge is -2.21. The zero-order valence-corrected chi connectivity index (χ0v) is 14.2. The molecule has 0 radical (unpaired) electrons. The van der Waals surface area contributed by atoms with E-state index in [1.54, 1.807) is 17.5 Å². The van der Waals surface area contributed by atoms with E-state index >= 15 is 0 Å². The molecule has 0 aromatic carbocycles. The Morgan fingerprint density at radius 1 is 1.17 bits per heavy atom. The summed E-state index contributed by atoms with van der Waals surface area (Å²) in [4.78, 5) is 24.4. The maximum atomic E-state index is 12.2. The molecular formula is C17H22N4OS. The van der Waals surface area contributed by atoms with Gasteiger partial charge in [0, 0.05) is 30.4 Å². The summed E-state index contributed by atoms with van der Waals surface area (Å²) in [5.74, 6) is 0.867. The number of aryl methyl sites for hydroxylation is 1. The Balaban J connectivity index is 1.58. The van der Waals surface area contributed by atoms with Crippen LogP contribution in [0.1, 0.15) is 45.9 Å². The summed E-state index contributed by atoms with van der Waals surface area (Å²) in [6, 6.07) is 3.81. The fourth-order valence-electron chi connectivity index (χ4n) is 2.75. The molecule has 122 valence electrons. The van der Waals surface area contributed by atoms with Gasteiger partial charge in [0.1, 0.15) is 10.8 Å². The second-order valence-corrected chi connectivity index (χ2v) is 7.17. The molecule has 0 spiro atoms. The van der Waals surface area contributed by atoms with Crippen molar-refractivity contribution < 1.29 is 4.79 Å². The normalized spacial score (nSPS) is 15.3. The van der Waals surface area contributed by atoms with Crippen LogP contribution in [-0.2, 0) is 6.54 Å². The minimum Gasteiger partial charge on any atom is -0.357 e. The zero-order chi connectivity index (χ0) is 16.1. The molecule has 2 aromatic heterocycles. The van der Waals surface area contributed by atoms with E-state index in [1.165, 1.54) is 25.7 Å². The van der Waals surface area contributed by atoms with E-state index in [-0.39, 0.29) is 5.91 Å². The minimum atomic E-state index is -0.104. The van der Waals surface area contributed by atoms with Crippen LogP contribution in [0.5, 0.6) is 0 Å². The first kappa shape index (κ1) is 15.9. The van der Waals surface area contributed by atoms with Crippen LogP contribution in [0, 0.1) is 6.92 Å². The third-order valence-electron chi connectivity index (χ3n) is 4.01. The quantitative estimate of drug-likeness (QED) is 0.935. The van der Waals surface area contributed by atoms with Gasteiger partial charge in [-0.3, -0.25) is 4.79 Å². The average Bonchev–Trinajstić information content (AvgIpc) is 2.83. The smallest absolute Gasteiger partial charge is 0.253 e. The first-order valence-corrected chi connectivity index (χ1v) is 8.94. The van der Waals surface area contributed by atoms with E-state index in [1.807, 2.05) is 25.3 Å². The lowest BCUT2D eigenvalue weighted by molar-refractivity contribution is 0.0950. The predicted molar refractivity (Wildman–Crippen MR) is 92.9 cm³/mol. The molecule has 1 saturated heterocycles. The largest absolute Gasteiger partial charge is 0.357 e. The Bertz CT molecular complexity index is 645. The molecular weight excluding hydrogens is 308 g/mol. The fraction of sp³-hybridized carbons (Fsp3) is 0.471. The maximum Gasteiger partial charge on any atom is 0.253 e. The zero-order valence-electron chi connectivity index (χ0n) is 13.4. The van der Waals surface area contributed by atoms with Crippen molar-refractivity contribution in [2.75, 3.05) is 18.0 Å². The molecule has 5 nitrogen and oxygen atoms in total. The van der Waals surface area contributed by atoms with Gasteiger partial charge in [-0.25, -0.2) is 9.97 Å². The molecule has 3 rings (SSSR count). The number of hydrogen-bond acceptors (Lipinski definition) is 5. The van der Waals surface area contributed by atoms with E-state index in [4.69, 9.17) is 0 Å². The topological polar surface area (TPSA) is 58.1 Å². The van der Waals surface area contributed by atoms with Crippen LogP contribution in [-0.4, -0.2) is 29.0 Å². The van der Waals surface area contributed by atoms with Crippen LogP contribution in [0.15, 0.2) is 24.5 Å². The maximum absolute atomic E-state index is 12.2. The lowest BCUT2D eigenvalue weighted by Crippen LogP contribution is -2.26. The lowest BCUT2D eigenvalue weighted by atomic mass is 10.2. The van der Waals surface area contributed by atoms with Gasteiger partial charge in [0.25, 0.3) is 5.91 Å².